The van der Waals surface area contributed by atoms with Crippen LogP contribution in [0.4, 0.5) is 0 Å². The van der Waals surface area contributed by atoms with Crippen molar-refractivity contribution < 1.29 is 19.1 Å². The molecule has 1 aliphatic rings. The average molecular weight is 338 g/mol. The molecule has 1 atom stereocenters. The number of carbonyl (C=O) groups excluding carboxylic acids is 2. The van der Waals surface area contributed by atoms with Crippen LogP contribution in [0.15, 0.2) is 43.1 Å². The van der Waals surface area contributed by atoms with Crippen molar-refractivity contribution in [2.45, 2.75) is 12.5 Å². The molecule has 0 aliphatic carbocycles. The predicted molar refractivity (Wildman–Crippen MR) is 92.4 cm³/mol. The molecule has 1 unspecified atom stereocenters. The van der Waals surface area contributed by atoms with E-state index in [1.165, 1.54) is 13.2 Å². The molecule has 1 N–H and O–H groups in total. The smallest absolute Gasteiger partial charge is 0.338 e. The molecule has 6 nitrogen and oxygen atoms in total. The number of nitrogens with zero attached hydrogens (tertiary/aromatic N) is 1. The summed E-state index contributed by atoms with van der Waals surface area (Å²) in [7, 11) is 1.31. The van der Waals surface area contributed by atoms with E-state index in [1.54, 1.807) is 30.5 Å². The van der Waals surface area contributed by atoms with Crippen LogP contribution >= 0.6 is 0 Å². The van der Waals surface area contributed by atoms with Crippen LogP contribution in [-0.4, -0.2) is 30.6 Å². The SMILES string of the molecule is C=Cc1cc(C(=O)NC2CCOc3cccnc32)ccc1C(=O)OC. The Kier molecular flexibility index (Phi) is 4.79. The molecule has 0 saturated carbocycles. The second-order valence-corrected chi connectivity index (χ2v) is 5.55. The summed E-state index contributed by atoms with van der Waals surface area (Å²) in [5.41, 5.74) is 2.07. The molecule has 1 aliphatic heterocycles. The molecule has 0 radical (unpaired) electrons. The maximum atomic E-state index is 12.6. The highest BCUT2D eigenvalue weighted by Crippen LogP contribution is 2.29. The Balaban J connectivity index is 1.83. The lowest BCUT2D eigenvalue weighted by molar-refractivity contribution is 0.0600. The topological polar surface area (TPSA) is 77.5 Å². The van der Waals surface area contributed by atoms with Gasteiger partial charge in [0, 0.05) is 18.2 Å². The average Bonchev–Trinajstić information content (AvgIpc) is 2.67. The summed E-state index contributed by atoms with van der Waals surface area (Å²) in [5.74, 6) is -0.0284. The van der Waals surface area contributed by atoms with Crippen LogP contribution in [0.2, 0.25) is 0 Å². The van der Waals surface area contributed by atoms with E-state index in [0.717, 1.165) is 5.69 Å². The zero-order valence-corrected chi connectivity index (χ0v) is 13.8. The highest BCUT2D eigenvalue weighted by atomic mass is 16.5. The maximum absolute atomic E-state index is 12.6. The largest absolute Gasteiger partial charge is 0.491 e. The zero-order valence-electron chi connectivity index (χ0n) is 13.8. The molecule has 0 fully saturated rings. The quantitative estimate of drug-likeness (QED) is 0.868. The lowest BCUT2D eigenvalue weighted by Crippen LogP contribution is -2.32. The number of carbonyl (C=O) groups is 2. The fraction of sp³-hybridized carbons (Fsp3) is 0.211. The molecule has 6 heteroatoms. The van der Waals surface area contributed by atoms with Gasteiger partial charge in [-0.05, 0) is 35.9 Å². The monoisotopic (exact) mass is 338 g/mol. The standard InChI is InChI=1S/C19H18N2O4/c1-3-12-11-13(6-7-14(12)19(23)24-2)18(22)21-15-8-10-25-16-5-4-9-20-17(15)16/h3-7,9,11,15H,1,8,10H2,2H3,(H,21,22). The van der Waals surface area contributed by atoms with Gasteiger partial charge in [0.15, 0.2) is 0 Å². The Morgan fingerprint density at radius 2 is 2.24 bits per heavy atom. The van der Waals surface area contributed by atoms with Crippen molar-refractivity contribution in [2.75, 3.05) is 13.7 Å². The van der Waals surface area contributed by atoms with Crippen LogP contribution in [0.1, 0.15) is 44.4 Å². The van der Waals surface area contributed by atoms with Gasteiger partial charge in [-0.2, -0.15) is 0 Å². The number of amides is 1. The van der Waals surface area contributed by atoms with E-state index in [2.05, 4.69) is 16.9 Å². The summed E-state index contributed by atoms with van der Waals surface area (Å²) in [6.45, 7) is 4.20. The first-order valence-electron chi connectivity index (χ1n) is 7.87. The zero-order chi connectivity index (χ0) is 17.8. The number of hydrogen-bond acceptors (Lipinski definition) is 5. The third-order valence-electron chi connectivity index (χ3n) is 4.04. The van der Waals surface area contributed by atoms with E-state index < -0.39 is 5.97 Å². The summed E-state index contributed by atoms with van der Waals surface area (Å²) >= 11 is 0. The van der Waals surface area contributed by atoms with Gasteiger partial charge in [-0.1, -0.05) is 12.7 Å². The molecular weight excluding hydrogens is 320 g/mol. The fourth-order valence-corrected chi connectivity index (χ4v) is 2.76. The molecule has 2 heterocycles. The summed E-state index contributed by atoms with van der Waals surface area (Å²) in [4.78, 5) is 28.7. The molecule has 0 bridgehead atoms. The maximum Gasteiger partial charge on any atom is 0.338 e. The van der Waals surface area contributed by atoms with Crippen molar-refractivity contribution in [3.8, 4) is 5.75 Å². The van der Waals surface area contributed by atoms with Crippen LogP contribution in [0.5, 0.6) is 5.75 Å². The van der Waals surface area contributed by atoms with E-state index in [0.29, 0.717) is 35.5 Å². The molecule has 128 valence electrons. The number of pyridine rings is 1. The van der Waals surface area contributed by atoms with Gasteiger partial charge >= 0.3 is 5.97 Å². The van der Waals surface area contributed by atoms with E-state index >= 15 is 0 Å². The van der Waals surface area contributed by atoms with Crippen LogP contribution in [0, 0.1) is 0 Å². The van der Waals surface area contributed by atoms with E-state index in [-0.39, 0.29) is 11.9 Å². The van der Waals surface area contributed by atoms with Crippen molar-refractivity contribution in [1.29, 1.82) is 0 Å². The second-order valence-electron chi connectivity index (χ2n) is 5.55. The molecule has 25 heavy (non-hydrogen) atoms. The molecule has 0 spiro atoms. The van der Waals surface area contributed by atoms with Gasteiger partial charge in [0.1, 0.15) is 11.4 Å². The van der Waals surface area contributed by atoms with E-state index in [9.17, 15) is 9.59 Å². The summed E-state index contributed by atoms with van der Waals surface area (Å²) in [5, 5.41) is 2.97. The Morgan fingerprint density at radius 3 is 3.00 bits per heavy atom. The second kappa shape index (κ2) is 7.17. The third-order valence-corrected chi connectivity index (χ3v) is 4.04. The number of fused-ring (bicyclic) bond motifs is 1. The lowest BCUT2D eigenvalue weighted by Gasteiger charge is -2.25. The van der Waals surface area contributed by atoms with Gasteiger partial charge in [0.2, 0.25) is 0 Å². The highest BCUT2D eigenvalue weighted by molar-refractivity contribution is 5.99. The van der Waals surface area contributed by atoms with E-state index in [1.807, 2.05) is 6.07 Å². The van der Waals surface area contributed by atoms with Crippen molar-refractivity contribution in [3.63, 3.8) is 0 Å². The Bertz CT molecular complexity index is 832. The van der Waals surface area contributed by atoms with Gasteiger partial charge in [-0.15, -0.1) is 0 Å². The number of rotatable bonds is 4. The van der Waals surface area contributed by atoms with Gasteiger partial charge < -0.3 is 14.8 Å². The predicted octanol–water partition coefficient (Wildman–Crippen LogP) is 2.76. The number of hydrogen-bond donors (Lipinski definition) is 1. The first-order valence-corrected chi connectivity index (χ1v) is 7.87. The molecule has 1 aromatic heterocycles. The lowest BCUT2D eigenvalue weighted by atomic mass is 10.0. The fourth-order valence-electron chi connectivity index (χ4n) is 2.76. The van der Waals surface area contributed by atoms with Gasteiger partial charge in [-0.3, -0.25) is 9.78 Å². The Hall–Kier alpha value is -3.15. The van der Waals surface area contributed by atoms with Crippen LogP contribution in [0.25, 0.3) is 6.08 Å². The van der Waals surface area contributed by atoms with Crippen LogP contribution in [-0.2, 0) is 4.74 Å². The van der Waals surface area contributed by atoms with Crippen LogP contribution in [0.3, 0.4) is 0 Å². The number of ether oxygens (including phenoxy) is 2. The van der Waals surface area contributed by atoms with Crippen molar-refractivity contribution in [1.82, 2.24) is 10.3 Å². The number of methoxy groups -OCH3 is 1. The first-order chi connectivity index (χ1) is 12.1. The number of esters is 1. The third kappa shape index (κ3) is 3.38. The summed E-state index contributed by atoms with van der Waals surface area (Å²) in [6.07, 6.45) is 3.84. The summed E-state index contributed by atoms with van der Waals surface area (Å²) in [6, 6.07) is 8.19. The highest BCUT2D eigenvalue weighted by Gasteiger charge is 2.25. The minimum atomic E-state index is -0.468. The number of nitrogens with one attached hydrogen (secondary N) is 1. The molecular formula is C19H18N2O4. The molecule has 2 aromatic rings. The Morgan fingerprint density at radius 1 is 1.40 bits per heavy atom. The number of benzene rings is 1. The van der Waals surface area contributed by atoms with Gasteiger partial charge in [0.25, 0.3) is 5.91 Å². The minimum absolute atomic E-state index is 0.218. The molecule has 1 aromatic carbocycles. The molecule has 1 amide bonds. The van der Waals surface area contributed by atoms with Crippen molar-refractivity contribution in [3.05, 3.63) is 65.5 Å². The Labute approximate surface area is 145 Å². The van der Waals surface area contributed by atoms with Gasteiger partial charge in [0.05, 0.1) is 25.3 Å². The summed E-state index contributed by atoms with van der Waals surface area (Å²) < 4.78 is 10.3. The van der Waals surface area contributed by atoms with Crippen molar-refractivity contribution in [2.24, 2.45) is 0 Å². The first kappa shape index (κ1) is 16.7. The van der Waals surface area contributed by atoms with Gasteiger partial charge in [-0.25, -0.2) is 4.79 Å². The minimum Gasteiger partial charge on any atom is -0.491 e. The molecule has 0 saturated heterocycles. The van der Waals surface area contributed by atoms with Crippen LogP contribution < -0.4 is 10.1 Å². The molecule has 3 rings (SSSR count). The normalized spacial score (nSPS) is 15.5. The van der Waals surface area contributed by atoms with Crippen molar-refractivity contribution >= 4 is 18.0 Å². The number of aromatic nitrogens is 1. The van der Waals surface area contributed by atoms with E-state index in [4.69, 9.17) is 9.47 Å².